The Bertz CT molecular complexity index is 602. The van der Waals surface area contributed by atoms with Crippen molar-refractivity contribution in [2.75, 3.05) is 18.4 Å². The molecule has 0 aromatic heterocycles. The third-order valence-corrected chi connectivity index (χ3v) is 3.69. The number of anilines is 1. The van der Waals surface area contributed by atoms with Crippen molar-refractivity contribution < 1.29 is 19.5 Å². The normalized spacial score (nSPS) is 21.2. The summed E-state index contributed by atoms with van der Waals surface area (Å²) >= 11 is 0. The number of urea groups is 1. The summed E-state index contributed by atoms with van der Waals surface area (Å²) in [6.45, 7) is 2.61. The summed E-state index contributed by atoms with van der Waals surface area (Å²) in [4.78, 5) is 36.0. The largest absolute Gasteiger partial charge is 0.481 e. The molecule has 1 aliphatic rings. The number of piperidine rings is 1. The number of carboxylic acids is 1. The highest BCUT2D eigenvalue weighted by atomic mass is 16.4. The van der Waals surface area contributed by atoms with Crippen LogP contribution < -0.4 is 11.1 Å². The van der Waals surface area contributed by atoms with E-state index in [-0.39, 0.29) is 18.5 Å². The summed E-state index contributed by atoms with van der Waals surface area (Å²) in [6.07, 6.45) is 0.566. The standard InChI is InChI=1S/C15H19N3O4/c1-9-5-11(14(20)21)8-18(7-9)15(22)17-12-4-2-3-10(6-12)13(16)19/h2-4,6,9,11H,5,7-8H2,1H3,(H2,16,19)(H,17,22)(H,20,21). The number of nitrogens with one attached hydrogen (secondary N) is 1. The Balaban J connectivity index is 2.06. The maximum Gasteiger partial charge on any atom is 0.321 e. The van der Waals surface area contributed by atoms with Crippen molar-refractivity contribution in [3.63, 3.8) is 0 Å². The first-order valence-corrected chi connectivity index (χ1v) is 7.05. The summed E-state index contributed by atoms with van der Waals surface area (Å²) in [7, 11) is 0. The fourth-order valence-corrected chi connectivity index (χ4v) is 2.65. The molecule has 2 rings (SSSR count). The van der Waals surface area contributed by atoms with Crippen molar-refractivity contribution in [3.05, 3.63) is 29.8 Å². The van der Waals surface area contributed by atoms with Gasteiger partial charge in [0.2, 0.25) is 5.91 Å². The van der Waals surface area contributed by atoms with Gasteiger partial charge in [0, 0.05) is 24.3 Å². The molecular weight excluding hydrogens is 286 g/mol. The number of nitrogens with zero attached hydrogens (tertiary/aromatic N) is 1. The van der Waals surface area contributed by atoms with Crippen molar-refractivity contribution in [1.29, 1.82) is 0 Å². The molecule has 7 nitrogen and oxygen atoms in total. The lowest BCUT2D eigenvalue weighted by molar-refractivity contribution is -0.143. The molecule has 0 spiro atoms. The zero-order valence-corrected chi connectivity index (χ0v) is 12.3. The molecule has 1 aromatic carbocycles. The van der Waals surface area contributed by atoms with E-state index >= 15 is 0 Å². The second kappa shape index (κ2) is 6.46. The minimum absolute atomic E-state index is 0.123. The maximum absolute atomic E-state index is 12.3. The molecule has 1 aromatic rings. The van der Waals surface area contributed by atoms with Gasteiger partial charge >= 0.3 is 12.0 Å². The summed E-state index contributed by atoms with van der Waals surface area (Å²) in [6, 6.07) is 5.93. The van der Waals surface area contributed by atoms with Crippen LogP contribution in [0.3, 0.4) is 0 Å². The van der Waals surface area contributed by atoms with Crippen molar-refractivity contribution in [3.8, 4) is 0 Å². The van der Waals surface area contributed by atoms with Gasteiger partial charge in [0.1, 0.15) is 0 Å². The third kappa shape index (κ3) is 3.75. The van der Waals surface area contributed by atoms with Crippen LogP contribution in [0.2, 0.25) is 0 Å². The topological polar surface area (TPSA) is 113 Å². The summed E-state index contributed by atoms with van der Waals surface area (Å²) in [5.74, 6) is -1.89. The van der Waals surface area contributed by atoms with Gasteiger partial charge in [-0.1, -0.05) is 13.0 Å². The second-order valence-corrected chi connectivity index (χ2v) is 5.66. The van der Waals surface area contributed by atoms with E-state index in [4.69, 9.17) is 10.8 Å². The number of rotatable bonds is 3. The van der Waals surface area contributed by atoms with Gasteiger partial charge in [-0.25, -0.2) is 4.79 Å². The van der Waals surface area contributed by atoms with Crippen LogP contribution in [0.15, 0.2) is 24.3 Å². The van der Waals surface area contributed by atoms with Gasteiger partial charge < -0.3 is 21.1 Å². The third-order valence-electron chi connectivity index (χ3n) is 3.69. The minimum Gasteiger partial charge on any atom is -0.481 e. The molecule has 1 saturated heterocycles. The van der Waals surface area contributed by atoms with Gasteiger partial charge in [-0.05, 0) is 30.5 Å². The van der Waals surface area contributed by atoms with Crippen LogP contribution in [0.1, 0.15) is 23.7 Å². The number of benzene rings is 1. The van der Waals surface area contributed by atoms with E-state index in [0.29, 0.717) is 24.2 Å². The number of carbonyl (C=O) groups excluding carboxylic acids is 2. The Labute approximate surface area is 128 Å². The lowest BCUT2D eigenvalue weighted by atomic mass is 9.91. The highest BCUT2D eigenvalue weighted by Gasteiger charge is 2.31. The number of carboxylic acid groups (broad SMARTS) is 1. The van der Waals surface area contributed by atoms with Crippen LogP contribution >= 0.6 is 0 Å². The number of aliphatic carboxylic acids is 1. The van der Waals surface area contributed by atoms with Crippen molar-refractivity contribution >= 4 is 23.6 Å². The van der Waals surface area contributed by atoms with E-state index < -0.39 is 17.8 Å². The van der Waals surface area contributed by atoms with Gasteiger partial charge in [0.25, 0.3) is 0 Å². The number of carbonyl (C=O) groups is 3. The van der Waals surface area contributed by atoms with Gasteiger partial charge in [-0.2, -0.15) is 0 Å². The predicted molar refractivity (Wildman–Crippen MR) is 80.5 cm³/mol. The first-order chi connectivity index (χ1) is 10.4. The summed E-state index contributed by atoms with van der Waals surface area (Å²) < 4.78 is 0. The van der Waals surface area contributed by atoms with Crippen molar-refractivity contribution in [1.82, 2.24) is 4.90 Å². The van der Waals surface area contributed by atoms with Gasteiger partial charge in [-0.15, -0.1) is 0 Å². The van der Waals surface area contributed by atoms with Crippen LogP contribution in [0.25, 0.3) is 0 Å². The molecule has 0 radical (unpaired) electrons. The predicted octanol–water partition coefficient (Wildman–Crippen LogP) is 1.36. The molecule has 2 unspecified atom stereocenters. The monoisotopic (exact) mass is 305 g/mol. The van der Waals surface area contributed by atoms with Crippen molar-refractivity contribution in [2.45, 2.75) is 13.3 Å². The van der Waals surface area contributed by atoms with Crippen LogP contribution in [0, 0.1) is 11.8 Å². The fraction of sp³-hybridized carbons (Fsp3) is 0.400. The lowest BCUT2D eigenvalue weighted by Crippen LogP contribution is -2.47. The number of likely N-dealkylation sites (tertiary alicyclic amines) is 1. The fourth-order valence-electron chi connectivity index (χ4n) is 2.65. The highest BCUT2D eigenvalue weighted by Crippen LogP contribution is 2.22. The Hall–Kier alpha value is -2.57. The van der Waals surface area contributed by atoms with Crippen LogP contribution in [0.4, 0.5) is 10.5 Å². The van der Waals surface area contributed by atoms with Gasteiger partial charge in [0.05, 0.1) is 5.92 Å². The quantitative estimate of drug-likeness (QED) is 0.782. The van der Waals surface area contributed by atoms with Crippen molar-refractivity contribution in [2.24, 2.45) is 17.6 Å². The number of hydrogen-bond acceptors (Lipinski definition) is 3. The SMILES string of the molecule is CC1CC(C(=O)O)CN(C(=O)Nc2cccc(C(N)=O)c2)C1. The smallest absolute Gasteiger partial charge is 0.321 e. The summed E-state index contributed by atoms with van der Waals surface area (Å²) in [5.41, 5.74) is 5.95. The molecule has 4 N–H and O–H groups in total. The number of hydrogen-bond donors (Lipinski definition) is 3. The van der Waals surface area contributed by atoms with E-state index in [1.165, 1.54) is 11.0 Å². The molecule has 1 aliphatic heterocycles. The molecule has 0 bridgehead atoms. The highest BCUT2D eigenvalue weighted by molar-refractivity contribution is 5.96. The minimum atomic E-state index is -0.889. The average molecular weight is 305 g/mol. The molecule has 1 fully saturated rings. The lowest BCUT2D eigenvalue weighted by Gasteiger charge is -2.34. The van der Waals surface area contributed by atoms with E-state index in [9.17, 15) is 14.4 Å². The zero-order valence-electron chi connectivity index (χ0n) is 12.3. The molecule has 0 aliphatic carbocycles. The molecule has 2 atom stereocenters. The number of nitrogens with two attached hydrogens (primary N) is 1. The maximum atomic E-state index is 12.3. The summed E-state index contributed by atoms with van der Waals surface area (Å²) in [5, 5.41) is 11.8. The van der Waals surface area contributed by atoms with Crippen LogP contribution in [0.5, 0.6) is 0 Å². The first kappa shape index (κ1) is 15.8. The molecule has 118 valence electrons. The van der Waals surface area contributed by atoms with Gasteiger partial charge in [0.15, 0.2) is 0 Å². The Morgan fingerprint density at radius 1 is 1.32 bits per heavy atom. The molecule has 1 heterocycles. The van der Waals surface area contributed by atoms with E-state index in [0.717, 1.165) is 0 Å². The van der Waals surface area contributed by atoms with Gasteiger partial charge in [-0.3, -0.25) is 9.59 Å². The Morgan fingerprint density at radius 2 is 2.05 bits per heavy atom. The second-order valence-electron chi connectivity index (χ2n) is 5.66. The van der Waals surface area contributed by atoms with Crippen LogP contribution in [-0.4, -0.2) is 41.0 Å². The number of primary amides is 1. The Kier molecular flexibility index (Phi) is 4.65. The van der Waals surface area contributed by atoms with E-state index in [1.54, 1.807) is 18.2 Å². The molecular formula is C15H19N3O4. The van der Waals surface area contributed by atoms with E-state index in [1.807, 2.05) is 6.92 Å². The number of amides is 3. The molecule has 0 saturated carbocycles. The van der Waals surface area contributed by atoms with Crippen LogP contribution in [-0.2, 0) is 4.79 Å². The first-order valence-electron chi connectivity index (χ1n) is 7.05. The molecule has 3 amide bonds. The Morgan fingerprint density at radius 3 is 2.68 bits per heavy atom. The molecule has 22 heavy (non-hydrogen) atoms. The zero-order chi connectivity index (χ0) is 16.3. The molecule has 7 heteroatoms. The average Bonchev–Trinajstić information content (AvgIpc) is 2.46. The van der Waals surface area contributed by atoms with E-state index in [2.05, 4.69) is 5.32 Å².